The molecule has 1 saturated carbocycles. The van der Waals surface area contributed by atoms with Gasteiger partial charge in [-0.2, -0.15) is 4.98 Å². The van der Waals surface area contributed by atoms with Crippen molar-refractivity contribution < 1.29 is 14.1 Å². The number of hydrogen-bond acceptors (Lipinski definition) is 6. The maximum atomic E-state index is 12.6. The average Bonchev–Trinajstić information content (AvgIpc) is 3.29. The highest BCUT2D eigenvalue weighted by molar-refractivity contribution is 6.09. The molecule has 27 heavy (non-hydrogen) atoms. The van der Waals surface area contributed by atoms with Crippen molar-refractivity contribution in [3.63, 3.8) is 0 Å². The van der Waals surface area contributed by atoms with Crippen molar-refractivity contribution in [2.75, 3.05) is 16.8 Å². The molecule has 8 nitrogen and oxygen atoms in total. The predicted octanol–water partition coefficient (Wildman–Crippen LogP) is 2.14. The highest BCUT2D eigenvalue weighted by Gasteiger charge is 2.36. The average molecular weight is 392 g/mol. The van der Waals surface area contributed by atoms with Crippen LogP contribution in [0.2, 0.25) is 0 Å². The minimum atomic E-state index is -0.504. The van der Waals surface area contributed by atoms with Crippen LogP contribution < -0.4 is 16.0 Å². The van der Waals surface area contributed by atoms with Crippen molar-refractivity contribution in [2.24, 2.45) is 5.73 Å². The maximum absolute atomic E-state index is 12.6. The lowest BCUT2D eigenvalue weighted by molar-refractivity contribution is -0.121. The second-order valence-electron chi connectivity index (χ2n) is 6.92. The smallest absolute Gasteiger partial charge is 0.244 e. The third-order valence-corrected chi connectivity index (χ3v) is 5.03. The quantitative estimate of drug-likeness (QED) is 0.825. The van der Waals surface area contributed by atoms with Gasteiger partial charge in [0.1, 0.15) is 6.54 Å². The number of fused-ring (bicyclic) bond motifs is 1. The molecule has 9 heteroatoms. The first kappa shape index (κ1) is 19.3. The fourth-order valence-corrected chi connectivity index (χ4v) is 3.59. The number of hydrogen-bond donors (Lipinski definition) is 2. The number of carbonyl (C=O) groups is 2. The molecular weight excluding hydrogens is 370 g/mol. The van der Waals surface area contributed by atoms with Gasteiger partial charge in [0, 0.05) is 12.8 Å². The van der Waals surface area contributed by atoms with Crippen LogP contribution in [-0.4, -0.2) is 28.5 Å². The highest BCUT2D eigenvalue weighted by Crippen LogP contribution is 2.34. The lowest BCUT2D eigenvalue weighted by Crippen LogP contribution is -2.42. The largest absolute Gasteiger partial charge is 0.339 e. The molecule has 0 radical (unpaired) electrons. The van der Waals surface area contributed by atoms with Crippen molar-refractivity contribution in [3.05, 3.63) is 36.0 Å². The molecule has 0 atom stereocenters. The summed E-state index contributed by atoms with van der Waals surface area (Å²) < 4.78 is 5.28. The van der Waals surface area contributed by atoms with Crippen LogP contribution in [0.1, 0.15) is 43.8 Å². The van der Waals surface area contributed by atoms with Gasteiger partial charge in [0.2, 0.25) is 17.7 Å². The SMILES string of the molecule is Cl.NC1(c2noc(CCC(=O)N3CC(=O)Nc4ccccc43)n2)CCCC1. The van der Waals surface area contributed by atoms with E-state index in [0.717, 1.165) is 25.7 Å². The Hall–Kier alpha value is -2.45. The van der Waals surface area contributed by atoms with Crippen LogP contribution in [0, 0.1) is 0 Å². The van der Waals surface area contributed by atoms with E-state index in [0.29, 0.717) is 29.5 Å². The molecule has 0 saturated heterocycles. The van der Waals surface area contributed by atoms with E-state index in [-0.39, 0.29) is 37.2 Å². The molecule has 0 bridgehead atoms. The number of benzene rings is 1. The van der Waals surface area contributed by atoms with E-state index in [1.807, 2.05) is 18.2 Å². The number of nitrogens with two attached hydrogens (primary N) is 1. The molecule has 2 aliphatic rings. The molecule has 144 valence electrons. The van der Waals surface area contributed by atoms with E-state index < -0.39 is 5.54 Å². The van der Waals surface area contributed by atoms with Crippen molar-refractivity contribution in [2.45, 2.75) is 44.1 Å². The zero-order valence-electron chi connectivity index (χ0n) is 14.8. The van der Waals surface area contributed by atoms with E-state index in [1.54, 1.807) is 6.07 Å². The number of halogens is 1. The Balaban J connectivity index is 0.00000210. The molecule has 1 aromatic carbocycles. The van der Waals surface area contributed by atoms with Gasteiger partial charge < -0.3 is 20.5 Å². The Labute approximate surface area is 162 Å². The molecule has 0 unspecified atom stereocenters. The fourth-order valence-electron chi connectivity index (χ4n) is 3.59. The Morgan fingerprint density at radius 2 is 2.04 bits per heavy atom. The zero-order valence-corrected chi connectivity index (χ0v) is 15.6. The van der Waals surface area contributed by atoms with Gasteiger partial charge in [-0.15, -0.1) is 12.4 Å². The van der Waals surface area contributed by atoms with Crippen molar-refractivity contribution in [1.82, 2.24) is 10.1 Å². The van der Waals surface area contributed by atoms with E-state index in [2.05, 4.69) is 15.5 Å². The third kappa shape index (κ3) is 3.81. The van der Waals surface area contributed by atoms with Crippen LogP contribution >= 0.6 is 12.4 Å². The van der Waals surface area contributed by atoms with Gasteiger partial charge in [-0.25, -0.2) is 0 Å². The zero-order chi connectivity index (χ0) is 18.1. The predicted molar refractivity (Wildman–Crippen MR) is 102 cm³/mol. The molecular formula is C18H22ClN5O3. The summed E-state index contributed by atoms with van der Waals surface area (Å²) >= 11 is 0. The third-order valence-electron chi connectivity index (χ3n) is 5.03. The number of nitrogens with one attached hydrogen (secondary N) is 1. The topological polar surface area (TPSA) is 114 Å². The number of nitrogens with zero attached hydrogens (tertiary/aromatic N) is 3. The summed E-state index contributed by atoms with van der Waals surface area (Å²) in [5, 5.41) is 6.78. The molecule has 1 fully saturated rings. The summed E-state index contributed by atoms with van der Waals surface area (Å²) in [6, 6.07) is 7.25. The number of aromatic nitrogens is 2. The van der Waals surface area contributed by atoms with Crippen LogP contribution in [0.4, 0.5) is 11.4 Å². The summed E-state index contributed by atoms with van der Waals surface area (Å²) in [4.78, 5) is 30.4. The molecule has 1 aliphatic heterocycles. The van der Waals surface area contributed by atoms with Gasteiger partial charge in [0.05, 0.1) is 16.9 Å². The fraction of sp³-hybridized carbons (Fsp3) is 0.444. The Kier molecular flexibility index (Phi) is 5.48. The van der Waals surface area contributed by atoms with E-state index in [1.165, 1.54) is 4.90 Å². The standard InChI is InChI=1S/C18H21N5O3.ClH/c19-18(9-3-4-10-18)17-21-15(26-22-17)7-8-16(25)23-11-14(24)20-12-5-1-2-6-13(12)23;/h1-2,5-6H,3-4,7-11,19H2,(H,20,24);1H. The molecule has 3 N–H and O–H groups in total. The summed E-state index contributed by atoms with van der Waals surface area (Å²) in [7, 11) is 0. The van der Waals surface area contributed by atoms with Gasteiger partial charge in [-0.1, -0.05) is 30.1 Å². The van der Waals surface area contributed by atoms with Crippen molar-refractivity contribution in [3.8, 4) is 0 Å². The molecule has 2 amide bonds. The van der Waals surface area contributed by atoms with Crippen LogP contribution in [0.5, 0.6) is 0 Å². The molecule has 4 rings (SSSR count). The summed E-state index contributed by atoms with van der Waals surface area (Å²) in [5.74, 6) is 0.568. The van der Waals surface area contributed by atoms with Crippen molar-refractivity contribution >= 4 is 35.6 Å². The van der Waals surface area contributed by atoms with E-state index >= 15 is 0 Å². The lowest BCUT2D eigenvalue weighted by Gasteiger charge is -2.29. The normalized spacial score (nSPS) is 17.8. The molecule has 0 spiro atoms. The van der Waals surface area contributed by atoms with Gasteiger partial charge in [0.25, 0.3) is 0 Å². The van der Waals surface area contributed by atoms with Crippen molar-refractivity contribution in [1.29, 1.82) is 0 Å². The van der Waals surface area contributed by atoms with E-state index in [4.69, 9.17) is 10.3 Å². The Morgan fingerprint density at radius 1 is 1.30 bits per heavy atom. The monoisotopic (exact) mass is 391 g/mol. The Morgan fingerprint density at radius 3 is 2.81 bits per heavy atom. The lowest BCUT2D eigenvalue weighted by atomic mass is 9.99. The number of aryl methyl sites for hydroxylation is 1. The molecule has 1 aromatic heterocycles. The van der Waals surface area contributed by atoms with Gasteiger partial charge in [0.15, 0.2) is 5.82 Å². The van der Waals surface area contributed by atoms with Crippen LogP contribution in [0.15, 0.2) is 28.8 Å². The van der Waals surface area contributed by atoms with Crippen LogP contribution in [0.3, 0.4) is 0 Å². The first-order chi connectivity index (χ1) is 12.5. The summed E-state index contributed by atoms with van der Waals surface area (Å²) in [6.07, 6.45) is 4.34. The number of amides is 2. The first-order valence-electron chi connectivity index (χ1n) is 8.86. The summed E-state index contributed by atoms with van der Waals surface area (Å²) in [6.45, 7) is 0.0108. The minimum Gasteiger partial charge on any atom is -0.339 e. The number of anilines is 2. The first-order valence-corrected chi connectivity index (χ1v) is 8.86. The number of carbonyl (C=O) groups excluding carboxylic acids is 2. The van der Waals surface area contributed by atoms with Gasteiger partial charge in [-0.3, -0.25) is 9.59 Å². The van der Waals surface area contributed by atoms with Crippen LogP contribution in [-0.2, 0) is 21.5 Å². The number of rotatable bonds is 4. The molecule has 2 aromatic rings. The second-order valence-corrected chi connectivity index (χ2v) is 6.92. The molecule has 2 heterocycles. The number of para-hydroxylation sites is 2. The summed E-state index contributed by atoms with van der Waals surface area (Å²) in [5.41, 5.74) is 7.17. The minimum absolute atomic E-state index is 0. The van der Waals surface area contributed by atoms with E-state index in [9.17, 15) is 9.59 Å². The van der Waals surface area contributed by atoms with Crippen LogP contribution in [0.25, 0.3) is 0 Å². The Bertz CT molecular complexity index is 847. The second kappa shape index (κ2) is 7.66. The molecule has 1 aliphatic carbocycles. The highest BCUT2D eigenvalue weighted by atomic mass is 35.5. The van der Waals surface area contributed by atoms with Gasteiger partial charge >= 0.3 is 0 Å². The van der Waals surface area contributed by atoms with Gasteiger partial charge in [-0.05, 0) is 25.0 Å². The maximum Gasteiger partial charge on any atom is 0.244 e.